The summed E-state index contributed by atoms with van der Waals surface area (Å²) in [6.45, 7) is 13.8. The van der Waals surface area contributed by atoms with Gasteiger partial charge in [-0.1, -0.05) is 18.2 Å². The van der Waals surface area contributed by atoms with Crippen LogP contribution < -0.4 is 4.74 Å². The van der Waals surface area contributed by atoms with Crippen molar-refractivity contribution in [2.75, 3.05) is 13.1 Å². The Kier molecular flexibility index (Phi) is 4.99. The van der Waals surface area contributed by atoms with E-state index >= 15 is 0 Å². The summed E-state index contributed by atoms with van der Waals surface area (Å²) < 4.78 is 11.6. The highest BCUT2D eigenvalue weighted by atomic mass is 16.5. The van der Waals surface area contributed by atoms with E-state index in [-0.39, 0.29) is 17.6 Å². The number of hydrogen-bond donors (Lipinski definition) is 0. The molecule has 7 nitrogen and oxygen atoms in total. The van der Waals surface area contributed by atoms with Crippen molar-refractivity contribution in [3.63, 3.8) is 0 Å². The largest absolute Gasteiger partial charge is 0.451 e. The van der Waals surface area contributed by atoms with Crippen LogP contribution in [0.2, 0.25) is 0 Å². The molecule has 0 fully saturated rings. The Morgan fingerprint density at radius 3 is 2.09 bits per heavy atom. The number of fused-ring (bicyclic) bond motifs is 1. The van der Waals surface area contributed by atoms with Crippen molar-refractivity contribution in [1.29, 1.82) is 0 Å². The molecule has 0 bridgehead atoms. The summed E-state index contributed by atoms with van der Waals surface area (Å²) in [5, 5.41) is 0. The molecule has 0 saturated carbocycles. The molecule has 3 aliphatic heterocycles. The lowest BCUT2D eigenvalue weighted by Gasteiger charge is -2.34. The summed E-state index contributed by atoms with van der Waals surface area (Å²) >= 11 is 0. The number of esters is 1. The molecule has 0 aromatic heterocycles. The van der Waals surface area contributed by atoms with E-state index < -0.39 is 23.0 Å². The van der Waals surface area contributed by atoms with Crippen LogP contribution in [0, 0.1) is 0 Å². The maximum absolute atomic E-state index is 13.3. The molecule has 1 aromatic carbocycles. The molecule has 0 saturated heterocycles. The molecule has 2 amide bonds. The first kappa shape index (κ1) is 22.1. The Hall–Kier alpha value is -3.09. The molecular formula is C25H30N2O5. The molecule has 0 aliphatic carbocycles. The van der Waals surface area contributed by atoms with E-state index in [1.807, 2.05) is 65.8 Å². The molecule has 0 spiro atoms. The zero-order valence-corrected chi connectivity index (χ0v) is 19.7. The molecule has 7 heteroatoms. The highest BCUT2D eigenvalue weighted by Gasteiger charge is 2.49. The van der Waals surface area contributed by atoms with E-state index in [1.165, 1.54) is 6.92 Å². The van der Waals surface area contributed by atoms with Gasteiger partial charge >= 0.3 is 5.97 Å². The lowest BCUT2D eigenvalue weighted by molar-refractivity contribution is -0.144. The van der Waals surface area contributed by atoms with E-state index in [2.05, 4.69) is 0 Å². The van der Waals surface area contributed by atoms with E-state index in [0.29, 0.717) is 30.2 Å². The summed E-state index contributed by atoms with van der Waals surface area (Å²) in [7, 11) is 0. The topological polar surface area (TPSA) is 76.2 Å². The minimum absolute atomic E-state index is 0.0580. The van der Waals surface area contributed by atoms with Crippen LogP contribution in [0.4, 0.5) is 0 Å². The van der Waals surface area contributed by atoms with Gasteiger partial charge in [0.2, 0.25) is 0 Å². The average Bonchev–Trinajstić information content (AvgIpc) is 3.17. The number of rotatable bonds is 2. The summed E-state index contributed by atoms with van der Waals surface area (Å²) in [4.78, 5) is 42.0. The van der Waals surface area contributed by atoms with Gasteiger partial charge in [0.15, 0.2) is 11.5 Å². The predicted molar refractivity (Wildman–Crippen MR) is 119 cm³/mol. The fourth-order valence-corrected chi connectivity index (χ4v) is 4.55. The molecule has 0 unspecified atom stereocenters. The van der Waals surface area contributed by atoms with Crippen LogP contribution in [-0.4, -0.2) is 51.8 Å². The standard InChI is InChI=1S/C25H30N2O5/c1-14(28)31-20-16(12-26(22(20)29)24(2,3)4)19-15-10-8-9-11-18(15)32-21-17(19)13-27(23(21)30)25(5,6)7/h8-11,19H,12-13H2,1-7H3/t19-/m1/s1. The van der Waals surface area contributed by atoms with Crippen molar-refractivity contribution < 1.29 is 23.9 Å². The van der Waals surface area contributed by atoms with Crippen LogP contribution >= 0.6 is 0 Å². The van der Waals surface area contributed by atoms with Gasteiger partial charge in [-0.05, 0) is 47.6 Å². The van der Waals surface area contributed by atoms with Gasteiger partial charge < -0.3 is 19.3 Å². The van der Waals surface area contributed by atoms with Gasteiger partial charge in [-0.2, -0.15) is 0 Å². The third-order valence-electron chi connectivity index (χ3n) is 6.12. The SMILES string of the molecule is CC(=O)OC1=C([C@@H]2C3=C(Oc4ccccc42)C(=O)N(C(C)(C)C)C3)CN(C(C)(C)C)C1=O. The monoisotopic (exact) mass is 438 g/mol. The second kappa shape index (κ2) is 7.22. The molecule has 0 N–H and O–H groups in total. The molecule has 3 aliphatic rings. The summed E-state index contributed by atoms with van der Waals surface area (Å²) in [5.41, 5.74) is 1.48. The molecule has 1 atom stereocenters. The van der Waals surface area contributed by atoms with E-state index in [9.17, 15) is 14.4 Å². The van der Waals surface area contributed by atoms with Crippen LogP contribution in [0.1, 0.15) is 59.9 Å². The quantitative estimate of drug-likeness (QED) is 0.661. The summed E-state index contributed by atoms with van der Waals surface area (Å²) in [5.74, 6) is -0.476. The molecule has 0 radical (unpaired) electrons. The Labute approximate surface area is 188 Å². The lowest BCUT2D eigenvalue weighted by Crippen LogP contribution is -2.44. The van der Waals surface area contributed by atoms with E-state index in [1.54, 1.807) is 9.80 Å². The first-order chi connectivity index (χ1) is 14.8. The maximum atomic E-state index is 13.3. The van der Waals surface area contributed by atoms with Crippen LogP contribution in [0.25, 0.3) is 0 Å². The van der Waals surface area contributed by atoms with Gasteiger partial charge in [0, 0.05) is 53.7 Å². The van der Waals surface area contributed by atoms with Crippen molar-refractivity contribution in [3.05, 3.63) is 52.5 Å². The smallest absolute Gasteiger partial charge is 0.308 e. The number of hydrogen-bond acceptors (Lipinski definition) is 5. The van der Waals surface area contributed by atoms with Crippen molar-refractivity contribution >= 4 is 17.8 Å². The van der Waals surface area contributed by atoms with Crippen LogP contribution in [0.15, 0.2) is 46.9 Å². The van der Waals surface area contributed by atoms with Crippen LogP contribution in [-0.2, 0) is 19.1 Å². The zero-order valence-electron chi connectivity index (χ0n) is 19.7. The second-order valence-electron chi connectivity index (χ2n) is 10.5. The zero-order chi connectivity index (χ0) is 23.6. The molecular weight excluding hydrogens is 408 g/mol. The van der Waals surface area contributed by atoms with Crippen molar-refractivity contribution in [1.82, 2.24) is 9.80 Å². The van der Waals surface area contributed by atoms with Gasteiger partial charge in [-0.25, -0.2) is 0 Å². The normalized spacial score (nSPS) is 21.2. The van der Waals surface area contributed by atoms with Gasteiger partial charge in [-0.15, -0.1) is 0 Å². The van der Waals surface area contributed by atoms with Crippen molar-refractivity contribution in [2.24, 2.45) is 0 Å². The Balaban J connectivity index is 1.90. The van der Waals surface area contributed by atoms with Crippen molar-refractivity contribution in [3.8, 4) is 5.75 Å². The fraction of sp³-hybridized carbons (Fsp3) is 0.480. The first-order valence-corrected chi connectivity index (χ1v) is 10.9. The maximum Gasteiger partial charge on any atom is 0.308 e. The van der Waals surface area contributed by atoms with Gasteiger partial charge in [0.05, 0.1) is 0 Å². The highest BCUT2D eigenvalue weighted by Crippen LogP contribution is 2.49. The molecule has 3 heterocycles. The number of para-hydroxylation sites is 1. The summed E-state index contributed by atoms with van der Waals surface area (Å²) in [6.07, 6.45) is 0. The molecule has 32 heavy (non-hydrogen) atoms. The molecule has 1 aromatic rings. The third kappa shape index (κ3) is 3.49. The third-order valence-corrected chi connectivity index (χ3v) is 6.12. The number of carbonyl (C=O) groups excluding carboxylic acids is 3. The summed E-state index contributed by atoms with van der Waals surface area (Å²) in [6, 6.07) is 7.52. The number of carbonyl (C=O) groups is 3. The average molecular weight is 439 g/mol. The fourth-order valence-electron chi connectivity index (χ4n) is 4.55. The van der Waals surface area contributed by atoms with Gasteiger partial charge in [0.1, 0.15) is 5.75 Å². The van der Waals surface area contributed by atoms with Crippen LogP contribution in [0.3, 0.4) is 0 Å². The number of ether oxygens (including phenoxy) is 2. The Bertz CT molecular complexity index is 1080. The number of nitrogens with zero attached hydrogens (tertiary/aromatic N) is 2. The Morgan fingerprint density at radius 2 is 1.50 bits per heavy atom. The minimum Gasteiger partial charge on any atom is -0.451 e. The van der Waals surface area contributed by atoms with E-state index in [0.717, 1.165) is 11.1 Å². The highest BCUT2D eigenvalue weighted by molar-refractivity contribution is 6.00. The second-order valence-corrected chi connectivity index (χ2v) is 10.5. The number of amides is 2. The molecule has 4 rings (SSSR count). The van der Waals surface area contributed by atoms with Crippen molar-refractivity contribution in [2.45, 2.75) is 65.5 Å². The van der Waals surface area contributed by atoms with Gasteiger partial charge in [0.25, 0.3) is 11.8 Å². The lowest BCUT2D eigenvalue weighted by atomic mass is 9.82. The van der Waals surface area contributed by atoms with E-state index in [4.69, 9.17) is 9.47 Å². The minimum atomic E-state index is -0.546. The first-order valence-electron chi connectivity index (χ1n) is 10.9. The number of benzene rings is 1. The predicted octanol–water partition coefficient (Wildman–Crippen LogP) is 3.52. The van der Waals surface area contributed by atoms with Crippen LogP contribution in [0.5, 0.6) is 5.75 Å². The molecule has 170 valence electrons. The van der Waals surface area contributed by atoms with Gasteiger partial charge in [-0.3, -0.25) is 14.4 Å². The Morgan fingerprint density at radius 1 is 0.938 bits per heavy atom.